The third-order valence-corrected chi connectivity index (χ3v) is 5.52. The summed E-state index contributed by atoms with van der Waals surface area (Å²) in [6, 6.07) is 13.4. The Bertz CT molecular complexity index is 1380. The van der Waals surface area contributed by atoms with Crippen molar-refractivity contribution in [3.8, 4) is 5.75 Å². The molecule has 162 valence electrons. The molecule has 11 heteroatoms. The highest BCUT2D eigenvalue weighted by atomic mass is 32.1. The summed E-state index contributed by atoms with van der Waals surface area (Å²) in [5.74, 6) is 0.793. The zero-order chi connectivity index (χ0) is 22.1. The minimum Gasteiger partial charge on any atom is -0.406 e. The van der Waals surface area contributed by atoms with Gasteiger partial charge in [-0.05, 0) is 47.3 Å². The van der Waals surface area contributed by atoms with Gasteiger partial charge in [-0.3, -0.25) is 5.10 Å². The average molecular weight is 456 g/mol. The van der Waals surface area contributed by atoms with Crippen LogP contribution in [0.5, 0.6) is 5.75 Å². The number of aromatic nitrogens is 4. The Morgan fingerprint density at radius 3 is 2.69 bits per heavy atom. The number of ether oxygens (including phenoxy) is 1. The van der Waals surface area contributed by atoms with Gasteiger partial charge in [-0.1, -0.05) is 12.1 Å². The lowest BCUT2D eigenvalue weighted by Gasteiger charge is -2.11. The summed E-state index contributed by atoms with van der Waals surface area (Å²) in [5, 5.41) is 16.3. The molecule has 0 aliphatic rings. The minimum absolute atomic E-state index is 0.265. The van der Waals surface area contributed by atoms with E-state index < -0.39 is 6.36 Å². The van der Waals surface area contributed by atoms with Crippen LogP contribution in [-0.2, 0) is 6.54 Å². The van der Waals surface area contributed by atoms with Crippen molar-refractivity contribution < 1.29 is 17.9 Å². The molecule has 32 heavy (non-hydrogen) atoms. The molecular weight excluding hydrogens is 441 g/mol. The first kappa shape index (κ1) is 20.1. The second kappa shape index (κ2) is 8.00. The van der Waals surface area contributed by atoms with Crippen molar-refractivity contribution in [1.82, 2.24) is 20.2 Å². The van der Waals surface area contributed by atoms with E-state index in [0.29, 0.717) is 18.3 Å². The van der Waals surface area contributed by atoms with E-state index in [1.165, 1.54) is 23.5 Å². The van der Waals surface area contributed by atoms with Crippen LogP contribution in [0.2, 0.25) is 0 Å². The van der Waals surface area contributed by atoms with Gasteiger partial charge >= 0.3 is 6.36 Å². The van der Waals surface area contributed by atoms with Crippen LogP contribution in [0, 0.1) is 0 Å². The number of nitrogens with zero attached hydrogens (tertiary/aromatic N) is 3. The van der Waals surface area contributed by atoms with Gasteiger partial charge in [0.15, 0.2) is 5.82 Å². The topological polar surface area (TPSA) is 87.8 Å². The number of nitrogens with one attached hydrogen (secondary N) is 3. The highest BCUT2D eigenvalue weighted by Crippen LogP contribution is 2.30. The van der Waals surface area contributed by atoms with Crippen LogP contribution < -0.4 is 15.4 Å². The van der Waals surface area contributed by atoms with E-state index in [4.69, 9.17) is 0 Å². The Balaban J connectivity index is 1.34. The maximum absolute atomic E-state index is 12.3. The number of hydrogen-bond acceptors (Lipinski definition) is 7. The second-order valence-electron chi connectivity index (χ2n) is 6.87. The van der Waals surface area contributed by atoms with Gasteiger partial charge in [0.2, 0.25) is 5.95 Å². The summed E-state index contributed by atoms with van der Waals surface area (Å²) < 4.78 is 41.7. The lowest BCUT2D eigenvalue weighted by Crippen LogP contribution is -2.17. The number of fused-ring (bicyclic) bond motifs is 2. The van der Waals surface area contributed by atoms with Gasteiger partial charge in [0, 0.05) is 17.6 Å². The van der Waals surface area contributed by atoms with Crippen molar-refractivity contribution in [3.63, 3.8) is 0 Å². The first-order valence-corrected chi connectivity index (χ1v) is 10.3. The van der Waals surface area contributed by atoms with Crippen LogP contribution in [-0.4, -0.2) is 26.5 Å². The molecule has 0 aliphatic carbocycles. The van der Waals surface area contributed by atoms with Gasteiger partial charge in [-0.25, -0.2) is 4.98 Å². The van der Waals surface area contributed by atoms with Gasteiger partial charge in [0.25, 0.3) is 0 Å². The first-order chi connectivity index (χ1) is 15.4. The van der Waals surface area contributed by atoms with Crippen molar-refractivity contribution in [2.24, 2.45) is 0 Å². The molecule has 0 saturated heterocycles. The molecule has 0 aliphatic heterocycles. The second-order valence-corrected chi connectivity index (χ2v) is 7.79. The smallest absolute Gasteiger partial charge is 0.406 e. The van der Waals surface area contributed by atoms with Crippen molar-refractivity contribution in [2.45, 2.75) is 12.9 Å². The summed E-state index contributed by atoms with van der Waals surface area (Å²) in [5.41, 5.74) is 3.34. The molecule has 2 aromatic carbocycles. The van der Waals surface area contributed by atoms with Crippen LogP contribution in [0.3, 0.4) is 0 Å². The zero-order valence-corrected chi connectivity index (χ0v) is 17.1. The predicted molar refractivity (Wildman–Crippen MR) is 117 cm³/mol. The van der Waals surface area contributed by atoms with E-state index in [1.807, 2.05) is 29.6 Å². The Labute approximate surface area is 183 Å². The molecule has 0 fully saturated rings. The summed E-state index contributed by atoms with van der Waals surface area (Å²) in [7, 11) is 0. The number of thiophene rings is 1. The van der Waals surface area contributed by atoms with Crippen LogP contribution >= 0.6 is 11.3 Å². The van der Waals surface area contributed by atoms with Gasteiger partial charge in [-0.15, -0.1) is 24.5 Å². The van der Waals surface area contributed by atoms with E-state index in [-0.39, 0.29) is 5.75 Å². The summed E-state index contributed by atoms with van der Waals surface area (Å²) in [6.07, 6.45) is -2.96. The van der Waals surface area contributed by atoms with Crippen LogP contribution in [0.25, 0.3) is 21.1 Å². The predicted octanol–water partition coefficient (Wildman–Crippen LogP) is 5.82. The number of halogens is 3. The molecule has 3 aromatic heterocycles. The molecule has 0 saturated carbocycles. The molecule has 7 nitrogen and oxygen atoms in total. The summed E-state index contributed by atoms with van der Waals surface area (Å²) >= 11 is 1.53. The molecule has 0 unspecified atom stereocenters. The molecule has 5 aromatic rings. The summed E-state index contributed by atoms with van der Waals surface area (Å²) in [4.78, 5) is 9.12. The molecule has 3 N–H and O–H groups in total. The van der Waals surface area contributed by atoms with Gasteiger partial charge in [0.05, 0.1) is 21.9 Å². The maximum Gasteiger partial charge on any atom is 0.573 e. The summed E-state index contributed by atoms with van der Waals surface area (Å²) in [6.45, 7) is 0.336. The average Bonchev–Trinajstić information content (AvgIpc) is 3.41. The van der Waals surface area contributed by atoms with Crippen molar-refractivity contribution in [2.75, 3.05) is 10.6 Å². The van der Waals surface area contributed by atoms with E-state index in [9.17, 15) is 13.2 Å². The zero-order valence-electron chi connectivity index (χ0n) is 16.3. The van der Waals surface area contributed by atoms with Crippen LogP contribution in [0.4, 0.5) is 30.6 Å². The molecule has 0 bridgehead atoms. The van der Waals surface area contributed by atoms with E-state index >= 15 is 0 Å². The number of aromatic amines is 1. The molecule has 5 rings (SSSR count). The monoisotopic (exact) mass is 456 g/mol. The Kier molecular flexibility index (Phi) is 5.02. The van der Waals surface area contributed by atoms with Gasteiger partial charge in [0.1, 0.15) is 5.75 Å². The van der Waals surface area contributed by atoms with Crippen LogP contribution in [0.1, 0.15) is 5.56 Å². The number of anilines is 3. The quantitative estimate of drug-likeness (QED) is 0.298. The Morgan fingerprint density at radius 2 is 1.88 bits per heavy atom. The normalized spacial score (nSPS) is 11.7. The van der Waals surface area contributed by atoms with E-state index in [1.54, 1.807) is 18.3 Å². The minimum atomic E-state index is -4.71. The number of hydrogen-bond donors (Lipinski definition) is 3. The lowest BCUT2D eigenvalue weighted by atomic mass is 10.2. The van der Waals surface area contributed by atoms with Crippen molar-refractivity contribution in [1.29, 1.82) is 0 Å². The highest BCUT2D eigenvalue weighted by molar-refractivity contribution is 7.17. The third-order valence-electron chi connectivity index (χ3n) is 4.61. The van der Waals surface area contributed by atoms with Gasteiger partial charge < -0.3 is 15.4 Å². The number of alkyl halides is 3. The first-order valence-electron chi connectivity index (χ1n) is 9.47. The third kappa shape index (κ3) is 4.42. The Morgan fingerprint density at radius 1 is 1.03 bits per heavy atom. The fourth-order valence-electron chi connectivity index (χ4n) is 3.17. The Hall–Kier alpha value is -3.86. The fourth-order valence-corrected chi connectivity index (χ4v) is 3.95. The number of H-pyrrole nitrogens is 1. The lowest BCUT2D eigenvalue weighted by molar-refractivity contribution is -0.274. The van der Waals surface area contributed by atoms with E-state index in [2.05, 4.69) is 35.5 Å². The highest BCUT2D eigenvalue weighted by Gasteiger charge is 2.30. The standard InChI is InChI=1S/C21H15F3N6OS/c22-21(23,24)31-15-4-1-12(2-5-15)10-25-20-28-17-7-8-32-18(17)19(29-20)27-14-3-6-16-13(9-14)11-26-30-16/h1-9,11H,10H2,(H,26,30)(H2,25,27,28,29). The number of benzene rings is 2. The molecule has 0 amide bonds. The van der Waals surface area contributed by atoms with Crippen molar-refractivity contribution >= 4 is 49.9 Å². The largest absolute Gasteiger partial charge is 0.573 e. The maximum atomic E-state index is 12.3. The molecule has 0 radical (unpaired) electrons. The van der Waals surface area contributed by atoms with Crippen molar-refractivity contribution in [3.05, 3.63) is 65.7 Å². The molecule has 3 heterocycles. The molecule has 0 atom stereocenters. The van der Waals surface area contributed by atoms with Gasteiger partial charge in [-0.2, -0.15) is 10.1 Å². The fraction of sp³-hybridized carbons (Fsp3) is 0.0952. The van der Waals surface area contributed by atoms with E-state index in [0.717, 1.165) is 32.4 Å². The molecular formula is C21H15F3N6OS. The SMILES string of the molecule is FC(F)(F)Oc1ccc(CNc2nc(Nc3ccc4[nH]ncc4c3)c3sccc3n2)cc1. The molecule has 0 spiro atoms. The number of rotatable bonds is 6. The van der Waals surface area contributed by atoms with Crippen LogP contribution in [0.15, 0.2) is 60.1 Å².